The monoisotopic (exact) mass is 283 g/mol. The van der Waals surface area contributed by atoms with Gasteiger partial charge in [-0.1, -0.05) is 24.1 Å². The summed E-state index contributed by atoms with van der Waals surface area (Å²) >= 11 is 0. The number of nitrogens with two attached hydrogens (primary N) is 1. The van der Waals surface area contributed by atoms with Gasteiger partial charge in [0, 0.05) is 16.9 Å². The van der Waals surface area contributed by atoms with E-state index in [0.717, 1.165) is 12.8 Å². The Hall–Kier alpha value is -1.28. The van der Waals surface area contributed by atoms with Crippen molar-refractivity contribution in [2.45, 2.75) is 57.9 Å². The molecule has 1 spiro atoms. The number of aromatic hydroxyl groups is 1. The summed E-state index contributed by atoms with van der Waals surface area (Å²) in [6.07, 6.45) is 4.59. The molecule has 1 aromatic carbocycles. The maximum atomic E-state index is 10.0. The van der Waals surface area contributed by atoms with E-state index < -0.39 is 0 Å². The predicted octanol–water partition coefficient (Wildman–Crippen LogP) is 3.67. The molecule has 2 heteroatoms. The first kappa shape index (κ1) is 13.4. The molecule has 1 saturated carbocycles. The van der Waals surface area contributed by atoms with Gasteiger partial charge < -0.3 is 10.8 Å². The second kappa shape index (κ2) is 3.92. The van der Waals surface area contributed by atoms with Crippen LogP contribution in [0.25, 0.3) is 0 Å². The molecule has 0 saturated heterocycles. The summed E-state index contributed by atoms with van der Waals surface area (Å²) in [6, 6.07) is 6.19. The summed E-state index contributed by atoms with van der Waals surface area (Å²) in [6.45, 7) is 6.99. The van der Waals surface area contributed by atoms with E-state index in [0.29, 0.717) is 11.7 Å². The molecule has 0 aromatic heterocycles. The lowest BCUT2D eigenvalue weighted by Gasteiger charge is -2.58. The minimum absolute atomic E-state index is 0.0666. The smallest absolute Gasteiger partial charge is 0.115 e. The van der Waals surface area contributed by atoms with E-state index in [2.05, 4.69) is 26.8 Å². The normalized spacial score (nSPS) is 41.0. The highest BCUT2D eigenvalue weighted by Gasteiger charge is 2.63. The van der Waals surface area contributed by atoms with Crippen molar-refractivity contribution in [1.82, 2.24) is 0 Å². The third kappa shape index (κ3) is 1.33. The van der Waals surface area contributed by atoms with E-state index in [-0.39, 0.29) is 16.9 Å². The number of benzene rings is 1. The Morgan fingerprint density at radius 1 is 1.24 bits per heavy atom. The van der Waals surface area contributed by atoms with E-state index in [1.165, 1.54) is 35.1 Å². The molecule has 3 N–H and O–H groups in total. The summed E-state index contributed by atoms with van der Waals surface area (Å²) in [5.74, 6) is 0.955. The van der Waals surface area contributed by atoms with E-state index in [4.69, 9.17) is 5.73 Å². The number of phenolic OH excluding ortho intramolecular Hbond substituents is 1. The lowest BCUT2D eigenvalue weighted by molar-refractivity contribution is 0.0573. The molecule has 0 amide bonds. The molecule has 1 aromatic rings. The van der Waals surface area contributed by atoms with Crippen molar-refractivity contribution >= 4 is 0 Å². The van der Waals surface area contributed by atoms with Crippen LogP contribution in [0.1, 0.15) is 51.2 Å². The average molecular weight is 283 g/mol. The Morgan fingerprint density at radius 3 is 2.76 bits per heavy atom. The van der Waals surface area contributed by atoms with Crippen LogP contribution in [0, 0.1) is 11.3 Å². The van der Waals surface area contributed by atoms with Gasteiger partial charge in [0.1, 0.15) is 5.75 Å². The lowest BCUT2D eigenvalue weighted by Crippen LogP contribution is -2.60. The molecule has 0 unspecified atom stereocenters. The van der Waals surface area contributed by atoms with Crippen LogP contribution in [0.4, 0.5) is 0 Å². The van der Waals surface area contributed by atoms with Gasteiger partial charge in [-0.3, -0.25) is 0 Å². The van der Waals surface area contributed by atoms with Gasteiger partial charge in [-0.05, 0) is 68.7 Å². The number of rotatable bonds is 0. The van der Waals surface area contributed by atoms with Crippen molar-refractivity contribution in [3.05, 3.63) is 40.5 Å². The highest BCUT2D eigenvalue weighted by atomic mass is 16.3. The van der Waals surface area contributed by atoms with Crippen molar-refractivity contribution in [2.24, 2.45) is 17.1 Å². The highest BCUT2D eigenvalue weighted by molar-refractivity contribution is 5.51. The van der Waals surface area contributed by atoms with Gasteiger partial charge in [0.05, 0.1) is 0 Å². The van der Waals surface area contributed by atoms with Gasteiger partial charge in [-0.2, -0.15) is 0 Å². The van der Waals surface area contributed by atoms with Crippen LogP contribution in [0.2, 0.25) is 0 Å². The quantitative estimate of drug-likeness (QED) is 0.714. The first-order valence-electron chi connectivity index (χ1n) is 8.17. The minimum Gasteiger partial charge on any atom is -0.508 e. The fraction of sp³-hybridized carbons (Fsp3) is 0.579. The molecule has 4 rings (SSSR count). The highest BCUT2D eigenvalue weighted by Crippen LogP contribution is 2.67. The van der Waals surface area contributed by atoms with E-state index in [1.807, 2.05) is 12.1 Å². The maximum Gasteiger partial charge on any atom is 0.115 e. The van der Waals surface area contributed by atoms with E-state index in [1.54, 1.807) is 0 Å². The minimum atomic E-state index is 0.0666. The van der Waals surface area contributed by atoms with Gasteiger partial charge in [-0.25, -0.2) is 0 Å². The van der Waals surface area contributed by atoms with Crippen molar-refractivity contribution in [3.8, 4) is 5.75 Å². The third-order valence-corrected chi connectivity index (χ3v) is 7.24. The Morgan fingerprint density at radius 2 is 2.00 bits per heavy atom. The van der Waals surface area contributed by atoms with Crippen molar-refractivity contribution in [1.29, 1.82) is 0 Å². The maximum absolute atomic E-state index is 10.0. The molecule has 3 aliphatic carbocycles. The standard InChI is InChI=1S/C19H25NO/c1-11-12(2)19-9-6-13-4-5-14(21)10-16(13)18(19,3)8-7-15(11)17(19)20/h4-5,10,15,17,21H,6-9,20H2,1-3H3/t15-,17-,18+,19+/m1/s1. The van der Waals surface area contributed by atoms with E-state index in [9.17, 15) is 5.11 Å². The van der Waals surface area contributed by atoms with Gasteiger partial charge in [0.2, 0.25) is 0 Å². The zero-order valence-electron chi connectivity index (χ0n) is 13.2. The number of aryl methyl sites for hydroxylation is 1. The Bertz CT molecular complexity index is 662. The fourth-order valence-electron chi connectivity index (χ4n) is 5.97. The van der Waals surface area contributed by atoms with E-state index >= 15 is 0 Å². The lowest BCUT2D eigenvalue weighted by atomic mass is 9.47. The number of hydrogen-bond acceptors (Lipinski definition) is 2. The topological polar surface area (TPSA) is 46.2 Å². The molecule has 112 valence electrons. The summed E-state index contributed by atoms with van der Waals surface area (Å²) in [5, 5.41) is 10.0. The molecule has 1 fully saturated rings. The molecule has 4 atom stereocenters. The molecule has 0 heterocycles. The molecule has 2 bridgehead atoms. The third-order valence-electron chi connectivity index (χ3n) is 7.24. The second-order valence-electron chi connectivity index (χ2n) is 7.62. The predicted molar refractivity (Wildman–Crippen MR) is 85.3 cm³/mol. The molecule has 21 heavy (non-hydrogen) atoms. The van der Waals surface area contributed by atoms with Crippen LogP contribution in [-0.2, 0) is 11.8 Å². The van der Waals surface area contributed by atoms with Crippen LogP contribution < -0.4 is 5.73 Å². The SMILES string of the molecule is CC1=C(C)[C@]23CCc4ccc(O)cc4[C@]2(C)CC[C@H]1[C@H]3N. The molecule has 3 aliphatic rings. The average Bonchev–Trinajstić information content (AvgIpc) is 2.58. The molecule has 0 aliphatic heterocycles. The van der Waals surface area contributed by atoms with Crippen molar-refractivity contribution < 1.29 is 5.11 Å². The summed E-state index contributed by atoms with van der Waals surface area (Å²) < 4.78 is 0. The molecular formula is C19H25NO. The van der Waals surface area contributed by atoms with Crippen LogP contribution in [0.5, 0.6) is 5.75 Å². The molecular weight excluding hydrogens is 258 g/mol. The zero-order chi connectivity index (χ0) is 15.0. The Balaban J connectivity index is 2.00. The summed E-state index contributed by atoms with van der Waals surface area (Å²) in [5.41, 5.74) is 12.8. The van der Waals surface area contributed by atoms with Crippen LogP contribution >= 0.6 is 0 Å². The summed E-state index contributed by atoms with van der Waals surface area (Å²) in [7, 11) is 0. The second-order valence-corrected chi connectivity index (χ2v) is 7.62. The Labute approximate surface area is 127 Å². The molecule has 2 nitrogen and oxygen atoms in total. The number of phenols is 1. The van der Waals surface area contributed by atoms with Crippen molar-refractivity contribution in [3.63, 3.8) is 0 Å². The van der Waals surface area contributed by atoms with Gasteiger partial charge in [0.25, 0.3) is 0 Å². The van der Waals surface area contributed by atoms with Gasteiger partial charge in [0.15, 0.2) is 0 Å². The van der Waals surface area contributed by atoms with Crippen molar-refractivity contribution in [2.75, 3.05) is 0 Å². The first-order chi connectivity index (χ1) is 9.92. The van der Waals surface area contributed by atoms with Gasteiger partial charge in [-0.15, -0.1) is 0 Å². The molecule has 0 radical (unpaired) electrons. The zero-order valence-corrected chi connectivity index (χ0v) is 13.2. The number of hydrogen-bond donors (Lipinski definition) is 2. The van der Waals surface area contributed by atoms with Crippen LogP contribution in [-0.4, -0.2) is 11.1 Å². The number of fused-ring (bicyclic) bond motifs is 3. The largest absolute Gasteiger partial charge is 0.508 e. The van der Waals surface area contributed by atoms with Crippen LogP contribution in [0.3, 0.4) is 0 Å². The Kier molecular flexibility index (Phi) is 2.50. The van der Waals surface area contributed by atoms with Crippen LogP contribution in [0.15, 0.2) is 29.3 Å². The first-order valence-corrected chi connectivity index (χ1v) is 8.17. The van der Waals surface area contributed by atoms with Gasteiger partial charge >= 0.3 is 0 Å². The fourth-order valence-corrected chi connectivity index (χ4v) is 5.97. The summed E-state index contributed by atoms with van der Waals surface area (Å²) in [4.78, 5) is 0.